The summed E-state index contributed by atoms with van der Waals surface area (Å²) in [6.45, 7) is 0.313. The lowest BCUT2D eigenvalue weighted by Crippen LogP contribution is -2.02. The molecule has 0 fully saturated rings. The Balaban J connectivity index is 0.000000505. The first kappa shape index (κ1) is 18.9. The molecule has 2 aromatic carbocycles. The minimum absolute atomic E-state index is 0.0999. The summed E-state index contributed by atoms with van der Waals surface area (Å²) >= 11 is 0. The summed E-state index contributed by atoms with van der Waals surface area (Å²) in [7, 11) is -6.00. The molecule has 0 aliphatic carbocycles. The van der Waals surface area contributed by atoms with E-state index in [4.69, 9.17) is 10.1 Å². The summed E-state index contributed by atoms with van der Waals surface area (Å²) in [4.78, 5) is 13.0. The van der Waals surface area contributed by atoms with E-state index >= 15 is 0 Å². The van der Waals surface area contributed by atoms with Crippen molar-refractivity contribution in [2.45, 2.75) is 6.61 Å². The third kappa shape index (κ3) is 7.21. The first-order valence-corrected chi connectivity index (χ1v) is 6.38. The van der Waals surface area contributed by atoms with Gasteiger partial charge in [0.05, 0.1) is 11.0 Å². The van der Waals surface area contributed by atoms with E-state index in [1.165, 1.54) is 18.2 Å². The lowest BCUT2D eigenvalue weighted by molar-refractivity contribution is -0.383. The number of diazo groups is 1. The van der Waals surface area contributed by atoms with Crippen LogP contribution in [0.15, 0.2) is 48.5 Å². The van der Waals surface area contributed by atoms with Gasteiger partial charge in [-0.2, -0.15) is 0 Å². The zero-order valence-electron chi connectivity index (χ0n) is 12.0. The van der Waals surface area contributed by atoms with E-state index in [1.807, 2.05) is 30.3 Å². The predicted octanol–water partition coefficient (Wildman–Crippen LogP) is 4.96. The van der Waals surface area contributed by atoms with Crippen LogP contribution in [0.25, 0.3) is 4.98 Å². The summed E-state index contributed by atoms with van der Waals surface area (Å²) in [6.07, 6.45) is 0. The van der Waals surface area contributed by atoms with Gasteiger partial charge in [-0.3, -0.25) is 10.1 Å². The molecule has 6 nitrogen and oxygen atoms in total. The molecular weight excluding hydrogens is 333 g/mol. The molecule has 0 aliphatic heterocycles. The van der Waals surface area contributed by atoms with Gasteiger partial charge in [0.25, 0.3) is 0 Å². The molecule has 0 amide bonds. The second-order valence-electron chi connectivity index (χ2n) is 4.28. The molecule has 0 atom stereocenters. The zero-order chi connectivity index (χ0) is 18.2. The number of hydrogen-bond acceptors (Lipinski definition) is 4. The van der Waals surface area contributed by atoms with Crippen LogP contribution in [0.3, 0.4) is 0 Å². The van der Waals surface area contributed by atoms with Gasteiger partial charge in [-0.05, 0) is 11.6 Å². The largest absolute Gasteiger partial charge is 0.673 e. The van der Waals surface area contributed by atoms with Crippen molar-refractivity contribution in [3.63, 3.8) is 0 Å². The summed E-state index contributed by atoms with van der Waals surface area (Å²) in [5.74, 6) is 0.350. The summed E-state index contributed by atoms with van der Waals surface area (Å²) < 4.78 is 44.5. The summed E-state index contributed by atoms with van der Waals surface area (Å²) in [5, 5.41) is 19.4. The number of rotatable bonds is 4. The quantitative estimate of drug-likeness (QED) is 0.258. The number of ether oxygens (including phenoxy) is 1. The van der Waals surface area contributed by atoms with E-state index in [0.717, 1.165) is 5.56 Å². The monoisotopic (exact) mass is 343 g/mol. The van der Waals surface area contributed by atoms with E-state index in [9.17, 15) is 27.4 Å². The van der Waals surface area contributed by atoms with Crippen LogP contribution in [0.4, 0.5) is 28.6 Å². The third-order valence-corrected chi connectivity index (χ3v) is 2.50. The molecule has 0 spiro atoms. The topological polar surface area (TPSA) is 80.5 Å². The molecule has 0 N–H and O–H groups in total. The minimum Gasteiger partial charge on any atom is -0.489 e. The predicted molar refractivity (Wildman–Crippen MR) is 78.8 cm³/mol. The Kier molecular flexibility index (Phi) is 6.67. The van der Waals surface area contributed by atoms with Crippen LogP contribution in [-0.2, 0) is 6.61 Å². The highest BCUT2D eigenvalue weighted by Crippen LogP contribution is 2.31. The summed E-state index contributed by atoms with van der Waals surface area (Å²) in [6, 6.07) is 13.5. The molecule has 2 aromatic rings. The standard InChI is InChI=1S/C13H10N3O3.BF4/c14-15-12-7-6-11(8-13(12)16(17)18)19-9-10-4-2-1-3-5-10;2-1(3,4)5/h1-8H,9H2;/q+1;-1. The fraction of sp³-hybridized carbons (Fsp3) is 0.0769. The average molecular weight is 343 g/mol. The molecular formula is C13H10BF4N3O3. The van der Waals surface area contributed by atoms with Crippen LogP contribution < -0.4 is 4.74 Å². The molecule has 0 saturated carbocycles. The molecule has 2 rings (SSSR count). The highest BCUT2D eigenvalue weighted by molar-refractivity contribution is 6.50. The second-order valence-corrected chi connectivity index (χ2v) is 4.28. The van der Waals surface area contributed by atoms with Crippen LogP contribution in [-0.4, -0.2) is 12.2 Å². The molecule has 0 aromatic heterocycles. The van der Waals surface area contributed by atoms with E-state index in [2.05, 4.69) is 4.98 Å². The number of hydrogen-bond donors (Lipinski definition) is 0. The molecule has 0 bridgehead atoms. The number of nitro groups is 1. The molecule has 11 heteroatoms. The van der Waals surface area contributed by atoms with Crippen LogP contribution in [0, 0.1) is 15.5 Å². The van der Waals surface area contributed by atoms with E-state index in [1.54, 1.807) is 0 Å². The highest BCUT2D eigenvalue weighted by Gasteiger charge is 2.25. The van der Waals surface area contributed by atoms with Gasteiger partial charge in [0.2, 0.25) is 5.39 Å². The van der Waals surface area contributed by atoms with Gasteiger partial charge in [0.15, 0.2) is 4.98 Å². The molecule has 0 radical (unpaired) electrons. The second kappa shape index (κ2) is 8.47. The Hall–Kier alpha value is -3.16. The molecule has 0 saturated heterocycles. The van der Waals surface area contributed by atoms with Crippen molar-refractivity contribution in [1.82, 2.24) is 0 Å². The maximum Gasteiger partial charge on any atom is 0.673 e. The SMILES string of the molecule is F[B-](F)(F)F.N#[N+]c1ccc(OCc2ccccc2)cc1[N+](=O)[O-]. The lowest BCUT2D eigenvalue weighted by atomic mass is 10.2. The Labute approximate surface area is 133 Å². The Morgan fingerprint density at radius 2 is 1.71 bits per heavy atom. The Bertz CT molecular complexity index is 729. The number of nitrogens with zero attached hydrogens (tertiary/aromatic N) is 3. The fourth-order valence-electron chi connectivity index (χ4n) is 1.56. The van der Waals surface area contributed by atoms with Crippen LogP contribution in [0.2, 0.25) is 0 Å². The van der Waals surface area contributed by atoms with Gasteiger partial charge in [-0.1, -0.05) is 30.3 Å². The first-order chi connectivity index (χ1) is 11.2. The number of benzene rings is 2. The van der Waals surface area contributed by atoms with Gasteiger partial charge in [-0.25, -0.2) is 0 Å². The van der Waals surface area contributed by atoms with Crippen LogP contribution >= 0.6 is 0 Å². The van der Waals surface area contributed by atoms with Crippen molar-refractivity contribution in [3.05, 3.63) is 69.2 Å². The van der Waals surface area contributed by atoms with Crippen molar-refractivity contribution >= 4 is 18.6 Å². The molecule has 24 heavy (non-hydrogen) atoms. The maximum atomic E-state index is 10.8. The number of nitro benzene ring substituents is 1. The molecule has 0 unspecified atom stereocenters. The smallest absolute Gasteiger partial charge is 0.489 e. The molecule has 0 heterocycles. The van der Waals surface area contributed by atoms with Gasteiger partial charge in [-0.15, -0.1) is 0 Å². The van der Waals surface area contributed by atoms with Crippen LogP contribution in [0.1, 0.15) is 5.56 Å². The molecule has 0 aliphatic rings. The molecule has 126 valence electrons. The van der Waals surface area contributed by atoms with Crippen molar-refractivity contribution in [1.29, 1.82) is 5.39 Å². The average Bonchev–Trinajstić information content (AvgIpc) is 2.52. The number of halogens is 4. The normalized spacial score (nSPS) is 10.1. The van der Waals surface area contributed by atoms with Crippen molar-refractivity contribution in [2.24, 2.45) is 0 Å². The Morgan fingerprint density at radius 3 is 2.21 bits per heavy atom. The van der Waals surface area contributed by atoms with Gasteiger partial charge >= 0.3 is 18.6 Å². The van der Waals surface area contributed by atoms with Crippen molar-refractivity contribution in [3.8, 4) is 5.75 Å². The fourth-order valence-corrected chi connectivity index (χ4v) is 1.56. The van der Waals surface area contributed by atoms with Crippen molar-refractivity contribution < 1.29 is 26.9 Å². The van der Waals surface area contributed by atoms with E-state index in [-0.39, 0.29) is 11.4 Å². The van der Waals surface area contributed by atoms with E-state index in [0.29, 0.717) is 12.4 Å². The highest BCUT2D eigenvalue weighted by atomic mass is 19.5. The Morgan fingerprint density at radius 1 is 1.12 bits per heavy atom. The van der Waals surface area contributed by atoms with Crippen molar-refractivity contribution in [2.75, 3.05) is 0 Å². The zero-order valence-corrected chi connectivity index (χ0v) is 12.0. The maximum absolute atomic E-state index is 10.8. The van der Waals surface area contributed by atoms with Crippen LogP contribution in [0.5, 0.6) is 5.75 Å². The van der Waals surface area contributed by atoms with Gasteiger partial charge in [0, 0.05) is 6.07 Å². The minimum atomic E-state index is -6.00. The first-order valence-electron chi connectivity index (χ1n) is 6.38. The lowest BCUT2D eigenvalue weighted by Gasteiger charge is -2.05. The van der Waals surface area contributed by atoms with Gasteiger partial charge < -0.3 is 22.0 Å². The third-order valence-electron chi connectivity index (χ3n) is 2.50. The van der Waals surface area contributed by atoms with Gasteiger partial charge in [0.1, 0.15) is 12.4 Å². The summed E-state index contributed by atoms with van der Waals surface area (Å²) in [5.41, 5.74) is 0.561. The van der Waals surface area contributed by atoms with E-state index < -0.39 is 12.2 Å².